The molecule has 14 heteroatoms. The molecule has 0 bridgehead atoms. The van der Waals surface area contributed by atoms with Crippen LogP contribution in [-0.4, -0.2) is 24.6 Å². The first-order valence-electron chi connectivity index (χ1n) is 11.7. The summed E-state index contributed by atoms with van der Waals surface area (Å²) in [5, 5.41) is 2.30. The van der Waals surface area contributed by atoms with Crippen LogP contribution in [0.15, 0.2) is 72.8 Å². The molecule has 3 aromatic carbocycles. The predicted molar refractivity (Wildman–Crippen MR) is 124 cm³/mol. The van der Waals surface area contributed by atoms with E-state index in [9.17, 15) is 53.1 Å². The van der Waals surface area contributed by atoms with Gasteiger partial charge in [-0.15, -0.1) is 0 Å². The highest BCUT2D eigenvalue weighted by Crippen LogP contribution is 2.39. The Morgan fingerprint density at radius 3 is 1.90 bits per heavy atom. The summed E-state index contributed by atoms with van der Waals surface area (Å²) in [4.78, 5) is 12.8. The van der Waals surface area contributed by atoms with Crippen LogP contribution in [0.3, 0.4) is 0 Å². The molecule has 0 aliphatic carbocycles. The molecule has 3 aromatic rings. The van der Waals surface area contributed by atoms with E-state index in [-0.39, 0.29) is 5.56 Å². The van der Waals surface area contributed by atoms with Gasteiger partial charge in [-0.3, -0.25) is 4.79 Å². The number of nitrogens with one attached hydrogen (secondary N) is 1. The second kappa shape index (κ2) is 12.0. The van der Waals surface area contributed by atoms with Crippen molar-refractivity contribution < 1.29 is 57.8 Å². The molecule has 0 saturated heterocycles. The first-order chi connectivity index (χ1) is 18.9. The fourth-order valence-electron chi connectivity index (χ4n) is 4.03. The van der Waals surface area contributed by atoms with Crippen LogP contribution in [0, 0.1) is 5.82 Å². The molecule has 0 aromatic heterocycles. The third-order valence-corrected chi connectivity index (χ3v) is 5.88. The minimum absolute atomic E-state index is 0.216. The lowest BCUT2D eigenvalue weighted by Crippen LogP contribution is -2.49. The molecule has 1 unspecified atom stereocenters. The molecule has 222 valence electrons. The lowest BCUT2D eigenvalue weighted by molar-refractivity contribution is -0.253. The Hall–Kier alpha value is -3.84. The van der Waals surface area contributed by atoms with Crippen molar-refractivity contribution in [1.82, 2.24) is 5.32 Å². The molecule has 1 atom stereocenters. The molecule has 3 rings (SSSR count). The van der Waals surface area contributed by atoms with Gasteiger partial charge in [-0.05, 0) is 41.0 Å². The number of carbonyl (C=O) groups excluding carboxylic acids is 1. The number of alkyl halides is 10. The Kier molecular flexibility index (Phi) is 9.24. The summed E-state index contributed by atoms with van der Waals surface area (Å²) in [6.07, 6.45) is -22.2. The van der Waals surface area contributed by atoms with Crippen molar-refractivity contribution in [3.63, 3.8) is 0 Å². The molecular formula is C27H20F11NO2. The molecule has 3 nitrogen and oxygen atoms in total. The van der Waals surface area contributed by atoms with Gasteiger partial charge in [0, 0.05) is 18.9 Å². The third kappa shape index (κ3) is 8.33. The van der Waals surface area contributed by atoms with Gasteiger partial charge in [0.05, 0.1) is 17.5 Å². The Labute approximate surface area is 225 Å². The number of halogens is 11. The summed E-state index contributed by atoms with van der Waals surface area (Å²) >= 11 is 0. The van der Waals surface area contributed by atoms with Gasteiger partial charge in [0.25, 0.3) is 0 Å². The second-order valence-electron chi connectivity index (χ2n) is 8.95. The van der Waals surface area contributed by atoms with Crippen LogP contribution in [0.4, 0.5) is 48.3 Å². The summed E-state index contributed by atoms with van der Waals surface area (Å²) in [5.74, 6) is -3.75. The molecule has 0 radical (unpaired) electrons. The Bertz CT molecular complexity index is 1320. The number of benzene rings is 3. The first kappa shape index (κ1) is 31.7. The van der Waals surface area contributed by atoms with Crippen LogP contribution in [0.1, 0.15) is 35.1 Å². The molecule has 0 aliphatic rings. The van der Waals surface area contributed by atoms with Crippen LogP contribution in [0.5, 0.6) is 5.75 Å². The van der Waals surface area contributed by atoms with E-state index in [1.54, 1.807) is 6.07 Å². The Morgan fingerprint density at radius 2 is 1.37 bits per heavy atom. The first-order valence-corrected chi connectivity index (χ1v) is 11.7. The third-order valence-electron chi connectivity index (χ3n) is 5.88. The Morgan fingerprint density at radius 1 is 0.780 bits per heavy atom. The maximum absolute atomic E-state index is 14.7. The summed E-state index contributed by atoms with van der Waals surface area (Å²) in [5.41, 5.74) is -3.70. The largest absolute Gasteiger partial charge is 0.461 e. The smallest absolute Gasteiger partial charge is 0.428 e. The highest BCUT2D eigenvalue weighted by Gasteiger charge is 2.45. The zero-order valence-corrected chi connectivity index (χ0v) is 20.6. The van der Waals surface area contributed by atoms with E-state index in [1.807, 2.05) is 0 Å². The number of rotatable bonds is 10. The van der Waals surface area contributed by atoms with Gasteiger partial charge in [0.2, 0.25) is 5.91 Å². The minimum atomic E-state index is -5.09. The maximum Gasteiger partial charge on any atom is 0.461 e. The van der Waals surface area contributed by atoms with Crippen molar-refractivity contribution in [2.75, 3.05) is 0 Å². The zero-order chi connectivity index (χ0) is 30.6. The van der Waals surface area contributed by atoms with Crippen LogP contribution in [0.2, 0.25) is 0 Å². The number of amides is 1. The topological polar surface area (TPSA) is 38.3 Å². The fourth-order valence-corrected chi connectivity index (χ4v) is 4.03. The van der Waals surface area contributed by atoms with Crippen molar-refractivity contribution in [3.8, 4) is 5.75 Å². The highest BCUT2D eigenvalue weighted by molar-refractivity contribution is 5.78. The SMILES string of the molecule is O=C(CCC(F)(F)F)NC(Cc1ccccc1)(c1ccc(C(F)(F)F)cc1)c1cc(F)cc(OC(F)(F)C(F)F)c1. The van der Waals surface area contributed by atoms with Gasteiger partial charge in [-0.1, -0.05) is 42.5 Å². The van der Waals surface area contributed by atoms with Crippen LogP contribution >= 0.6 is 0 Å². The molecule has 0 aliphatic heterocycles. The lowest BCUT2D eigenvalue weighted by Gasteiger charge is -2.37. The van der Waals surface area contributed by atoms with Gasteiger partial charge in [0.1, 0.15) is 11.6 Å². The van der Waals surface area contributed by atoms with Crippen molar-refractivity contribution in [3.05, 3.63) is 101 Å². The second-order valence-corrected chi connectivity index (χ2v) is 8.95. The van der Waals surface area contributed by atoms with E-state index < -0.39 is 78.3 Å². The number of carbonyl (C=O) groups is 1. The van der Waals surface area contributed by atoms with E-state index in [4.69, 9.17) is 0 Å². The number of hydrogen-bond donors (Lipinski definition) is 1. The molecule has 1 amide bonds. The van der Waals surface area contributed by atoms with E-state index in [0.29, 0.717) is 35.9 Å². The van der Waals surface area contributed by atoms with Crippen molar-refractivity contribution in [2.24, 2.45) is 0 Å². The number of hydrogen-bond acceptors (Lipinski definition) is 2. The summed E-state index contributed by atoms with van der Waals surface area (Å²) in [6, 6.07) is 12.1. The molecule has 0 heterocycles. The summed E-state index contributed by atoms with van der Waals surface area (Å²) in [6.45, 7) is 0. The monoisotopic (exact) mass is 599 g/mol. The standard InChI is InChI=1S/C27H20F11NO2/c28-20-12-19(13-21(14-20)41-27(37,38)23(29)30)24(15-16-4-2-1-3-5-16,39-22(40)10-11-25(31,32)33)17-6-8-18(9-7-17)26(34,35)36/h1-9,12-14,23H,10-11,15H2,(H,39,40). The van der Waals surface area contributed by atoms with Crippen molar-refractivity contribution >= 4 is 5.91 Å². The van der Waals surface area contributed by atoms with Crippen LogP contribution < -0.4 is 10.1 Å². The molecular weight excluding hydrogens is 579 g/mol. The molecule has 0 fully saturated rings. The average Bonchev–Trinajstić information content (AvgIpc) is 2.86. The zero-order valence-electron chi connectivity index (χ0n) is 20.6. The van der Waals surface area contributed by atoms with Crippen LogP contribution in [0.25, 0.3) is 0 Å². The molecule has 0 spiro atoms. The predicted octanol–water partition coefficient (Wildman–Crippen LogP) is 8.03. The van der Waals surface area contributed by atoms with E-state index >= 15 is 0 Å². The lowest BCUT2D eigenvalue weighted by atomic mass is 9.77. The van der Waals surface area contributed by atoms with Gasteiger partial charge < -0.3 is 10.1 Å². The van der Waals surface area contributed by atoms with Gasteiger partial charge in [-0.2, -0.15) is 43.9 Å². The van der Waals surface area contributed by atoms with E-state index in [2.05, 4.69) is 10.1 Å². The average molecular weight is 599 g/mol. The summed E-state index contributed by atoms with van der Waals surface area (Å²) < 4.78 is 150. The fraction of sp³-hybridized carbons (Fsp3) is 0.296. The molecule has 0 saturated carbocycles. The molecule has 41 heavy (non-hydrogen) atoms. The van der Waals surface area contributed by atoms with Gasteiger partial charge in [0.15, 0.2) is 0 Å². The normalized spacial score (nSPS) is 14.0. The summed E-state index contributed by atoms with van der Waals surface area (Å²) in [7, 11) is 0. The Balaban J connectivity index is 2.26. The van der Waals surface area contributed by atoms with Crippen LogP contribution in [-0.2, 0) is 22.9 Å². The maximum atomic E-state index is 14.7. The molecule has 1 N–H and O–H groups in total. The van der Waals surface area contributed by atoms with Crippen molar-refractivity contribution in [1.29, 1.82) is 0 Å². The van der Waals surface area contributed by atoms with Crippen molar-refractivity contribution in [2.45, 2.75) is 49.7 Å². The van der Waals surface area contributed by atoms with E-state index in [1.165, 1.54) is 24.3 Å². The quantitative estimate of drug-likeness (QED) is 0.240. The number of ether oxygens (including phenoxy) is 1. The minimum Gasteiger partial charge on any atom is -0.428 e. The highest BCUT2D eigenvalue weighted by atomic mass is 19.4. The van der Waals surface area contributed by atoms with Gasteiger partial charge in [-0.25, -0.2) is 4.39 Å². The van der Waals surface area contributed by atoms with Gasteiger partial charge >= 0.3 is 24.9 Å². The van der Waals surface area contributed by atoms with E-state index in [0.717, 1.165) is 12.1 Å².